The molecular weight excluding hydrogens is 346 g/mol. The highest BCUT2D eigenvalue weighted by Crippen LogP contribution is 2.27. The van der Waals surface area contributed by atoms with Crippen LogP contribution in [0.2, 0.25) is 0 Å². The second-order valence-electron chi connectivity index (χ2n) is 5.57. The molecule has 130 valence electrons. The molecule has 6 nitrogen and oxygen atoms in total. The zero-order valence-corrected chi connectivity index (χ0v) is 15.1. The van der Waals surface area contributed by atoms with Crippen LogP contribution in [0.5, 0.6) is 0 Å². The summed E-state index contributed by atoms with van der Waals surface area (Å²) in [6.07, 6.45) is 0. The molecule has 0 bridgehead atoms. The monoisotopic (exact) mass is 363 g/mol. The molecule has 0 aliphatic rings. The average Bonchev–Trinajstić information content (AvgIpc) is 3.34. The van der Waals surface area contributed by atoms with E-state index in [0.29, 0.717) is 17.5 Å². The summed E-state index contributed by atoms with van der Waals surface area (Å²) in [6, 6.07) is 19.8. The first kappa shape index (κ1) is 16.5. The predicted octanol–water partition coefficient (Wildman–Crippen LogP) is 4.31. The molecule has 0 aliphatic carbocycles. The summed E-state index contributed by atoms with van der Waals surface area (Å²) in [5, 5.41) is 17.8. The number of thioether (sulfide) groups is 1. The topological polar surface area (TPSA) is 69.6 Å². The van der Waals surface area contributed by atoms with E-state index < -0.39 is 0 Å². The van der Waals surface area contributed by atoms with Crippen molar-refractivity contribution >= 4 is 11.8 Å². The maximum atomic E-state index is 5.76. The molecule has 0 saturated carbocycles. The minimum atomic E-state index is 0.531. The fourth-order valence-corrected chi connectivity index (χ4v) is 3.46. The highest BCUT2D eigenvalue weighted by atomic mass is 32.2. The van der Waals surface area contributed by atoms with Crippen LogP contribution in [0, 0.1) is 0 Å². The summed E-state index contributed by atoms with van der Waals surface area (Å²) in [5.74, 6) is 2.52. The van der Waals surface area contributed by atoms with Crippen LogP contribution in [-0.2, 0) is 12.3 Å². The van der Waals surface area contributed by atoms with Crippen molar-refractivity contribution in [3.8, 4) is 22.8 Å². The molecule has 2 aromatic carbocycles. The number of hydrogen-bond acceptors (Lipinski definition) is 6. The van der Waals surface area contributed by atoms with Gasteiger partial charge >= 0.3 is 0 Å². The van der Waals surface area contributed by atoms with Gasteiger partial charge in [-0.1, -0.05) is 60.3 Å². The lowest BCUT2D eigenvalue weighted by Crippen LogP contribution is -1.99. The van der Waals surface area contributed by atoms with Gasteiger partial charge in [-0.3, -0.25) is 0 Å². The van der Waals surface area contributed by atoms with Crippen LogP contribution >= 0.6 is 11.8 Å². The summed E-state index contributed by atoms with van der Waals surface area (Å²) in [4.78, 5) is 0. The zero-order chi connectivity index (χ0) is 17.8. The molecule has 4 rings (SSSR count). The quantitative estimate of drug-likeness (QED) is 0.476. The Hall–Kier alpha value is -2.93. The summed E-state index contributed by atoms with van der Waals surface area (Å²) in [6.45, 7) is 2.87. The maximum absolute atomic E-state index is 5.76. The smallest absolute Gasteiger partial charge is 0.247 e. The Balaban J connectivity index is 1.50. The van der Waals surface area contributed by atoms with Crippen molar-refractivity contribution in [3.63, 3.8) is 0 Å². The van der Waals surface area contributed by atoms with Gasteiger partial charge in [0.1, 0.15) is 0 Å². The van der Waals surface area contributed by atoms with Crippen molar-refractivity contribution < 1.29 is 4.42 Å². The van der Waals surface area contributed by atoms with Crippen LogP contribution in [0.4, 0.5) is 0 Å². The highest BCUT2D eigenvalue weighted by molar-refractivity contribution is 7.98. The van der Waals surface area contributed by atoms with E-state index in [4.69, 9.17) is 4.42 Å². The van der Waals surface area contributed by atoms with Crippen LogP contribution in [0.1, 0.15) is 12.8 Å². The SMILES string of the molecule is CCn1c(SCc2nnc(-c3ccccc3)o2)nnc1-c1ccccc1. The molecule has 0 amide bonds. The molecule has 0 atom stereocenters. The van der Waals surface area contributed by atoms with Gasteiger partial charge < -0.3 is 8.98 Å². The van der Waals surface area contributed by atoms with Gasteiger partial charge in [-0.15, -0.1) is 20.4 Å². The summed E-state index contributed by atoms with van der Waals surface area (Å²) in [5.41, 5.74) is 1.97. The van der Waals surface area contributed by atoms with Crippen LogP contribution < -0.4 is 0 Å². The number of aromatic nitrogens is 5. The fraction of sp³-hybridized carbons (Fsp3) is 0.158. The second-order valence-corrected chi connectivity index (χ2v) is 6.51. The van der Waals surface area contributed by atoms with E-state index in [0.717, 1.165) is 28.7 Å². The molecule has 0 spiro atoms. The fourth-order valence-electron chi connectivity index (χ4n) is 2.62. The van der Waals surface area contributed by atoms with Crippen LogP contribution in [0.3, 0.4) is 0 Å². The van der Waals surface area contributed by atoms with E-state index >= 15 is 0 Å². The largest absolute Gasteiger partial charge is 0.420 e. The highest BCUT2D eigenvalue weighted by Gasteiger charge is 2.15. The van der Waals surface area contributed by atoms with E-state index in [2.05, 4.69) is 31.9 Å². The zero-order valence-electron chi connectivity index (χ0n) is 14.2. The van der Waals surface area contributed by atoms with Crippen molar-refractivity contribution in [2.24, 2.45) is 0 Å². The minimum Gasteiger partial charge on any atom is -0.420 e. The lowest BCUT2D eigenvalue weighted by atomic mass is 10.2. The van der Waals surface area contributed by atoms with Gasteiger partial charge in [0.2, 0.25) is 11.8 Å². The lowest BCUT2D eigenvalue weighted by molar-refractivity contribution is 0.528. The van der Waals surface area contributed by atoms with Crippen molar-refractivity contribution in [3.05, 3.63) is 66.6 Å². The Kier molecular flexibility index (Phi) is 4.79. The third kappa shape index (κ3) is 3.39. The number of rotatable bonds is 6. The normalized spacial score (nSPS) is 11.0. The molecule has 2 heterocycles. The van der Waals surface area contributed by atoms with E-state index in [9.17, 15) is 0 Å². The molecule has 0 radical (unpaired) electrons. The van der Waals surface area contributed by atoms with Gasteiger partial charge in [0.05, 0.1) is 5.75 Å². The van der Waals surface area contributed by atoms with Gasteiger partial charge in [-0.25, -0.2) is 0 Å². The first-order chi connectivity index (χ1) is 12.8. The Bertz CT molecular complexity index is 982. The Labute approximate surface area is 155 Å². The van der Waals surface area contributed by atoms with E-state index in [1.165, 1.54) is 0 Å². The first-order valence-corrected chi connectivity index (χ1v) is 9.33. The van der Waals surface area contributed by atoms with E-state index in [1.807, 2.05) is 60.7 Å². The van der Waals surface area contributed by atoms with Crippen molar-refractivity contribution in [2.75, 3.05) is 0 Å². The van der Waals surface area contributed by atoms with E-state index in [1.54, 1.807) is 11.8 Å². The van der Waals surface area contributed by atoms with Crippen molar-refractivity contribution in [1.29, 1.82) is 0 Å². The number of benzene rings is 2. The van der Waals surface area contributed by atoms with Crippen molar-refractivity contribution in [1.82, 2.24) is 25.0 Å². The average molecular weight is 363 g/mol. The molecule has 26 heavy (non-hydrogen) atoms. The molecule has 0 fully saturated rings. The molecule has 7 heteroatoms. The first-order valence-electron chi connectivity index (χ1n) is 8.34. The van der Waals surface area contributed by atoms with E-state index in [-0.39, 0.29) is 0 Å². The van der Waals surface area contributed by atoms with Crippen LogP contribution in [0.25, 0.3) is 22.8 Å². The molecule has 4 aromatic rings. The predicted molar refractivity (Wildman–Crippen MR) is 100 cm³/mol. The number of hydrogen-bond donors (Lipinski definition) is 0. The molecule has 2 aromatic heterocycles. The van der Waals surface area contributed by atoms with Gasteiger partial charge in [-0.05, 0) is 19.1 Å². The standard InChI is InChI=1S/C19H17N5OS/c1-2-24-17(14-9-5-3-6-10-14)21-23-19(24)26-13-16-20-22-18(25-16)15-11-7-4-8-12-15/h3-12H,2,13H2,1H3. The van der Waals surface area contributed by atoms with Gasteiger partial charge in [-0.2, -0.15) is 0 Å². The van der Waals surface area contributed by atoms with Gasteiger partial charge in [0.25, 0.3) is 0 Å². The molecule has 0 aliphatic heterocycles. The van der Waals surface area contributed by atoms with Crippen molar-refractivity contribution in [2.45, 2.75) is 24.4 Å². The van der Waals surface area contributed by atoms with Gasteiger partial charge in [0.15, 0.2) is 11.0 Å². The molecular formula is C19H17N5OS. The third-order valence-corrected chi connectivity index (χ3v) is 4.83. The molecule has 0 saturated heterocycles. The maximum Gasteiger partial charge on any atom is 0.247 e. The van der Waals surface area contributed by atoms with Crippen LogP contribution in [-0.4, -0.2) is 25.0 Å². The summed E-state index contributed by atoms with van der Waals surface area (Å²) in [7, 11) is 0. The molecule has 0 unspecified atom stereocenters. The number of nitrogens with zero attached hydrogens (tertiary/aromatic N) is 5. The third-order valence-electron chi connectivity index (χ3n) is 3.88. The van der Waals surface area contributed by atoms with Gasteiger partial charge in [0, 0.05) is 17.7 Å². The lowest BCUT2D eigenvalue weighted by Gasteiger charge is -2.06. The summed E-state index contributed by atoms with van der Waals surface area (Å²) >= 11 is 1.54. The molecule has 0 N–H and O–H groups in total. The minimum absolute atomic E-state index is 0.531. The van der Waals surface area contributed by atoms with Crippen LogP contribution in [0.15, 0.2) is 70.2 Å². The Morgan fingerprint density at radius 3 is 2.23 bits per heavy atom. The Morgan fingerprint density at radius 1 is 0.846 bits per heavy atom. The second kappa shape index (κ2) is 7.53. The summed E-state index contributed by atoms with van der Waals surface area (Å²) < 4.78 is 7.85. The Morgan fingerprint density at radius 2 is 1.54 bits per heavy atom.